The van der Waals surface area contributed by atoms with Crippen molar-refractivity contribution < 1.29 is 0 Å². The van der Waals surface area contributed by atoms with Crippen LogP contribution in [0.4, 0.5) is 5.69 Å². The van der Waals surface area contributed by atoms with Crippen LogP contribution >= 0.6 is 15.9 Å². The van der Waals surface area contributed by atoms with E-state index in [9.17, 15) is 4.79 Å². The van der Waals surface area contributed by atoms with Gasteiger partial charge in [0.15, 0.2) is 0 Å². The summed E-state index contributed by atoms with van der Waals surface area (Å²) in [6.07, 6.45) is 6.53. The van der Waals surface area contributed by atoms with E-state index in [4.69, 9.17) is 0 Å². The Hall–Kier alpha value is -0.840. The standard InChI is InChI=1S/C12H16BrN3O/c1-12(4-5-12)15-9-6-14-16(7-8-2-3-8)11(17)10(9)13/h6,8,15H,2-5,7H2,1H3. The van der Waals surface area contributed by atoms with Crippen molar-refractivity contribution in [1.29, 1.82) is 0 Å². The third-order valence-electron chi connectivity index (χ3n) is 3.55. The van der Waals surface area contributed by atoms with E-state index in [1.807, 2.05) is 0 Å². The predicted octanol–water partition coefficient (Wildman–Crippen LogP) is 2.38. The van der Waals surface area contributed by atoms with Crippen molar-refractivity contribution in [2.45, 2.75) is 44.7 Å². The van der Waals surface area contributed by atoms with Gasteiger partial charge < -0.3 is 5.32 Å². The zero-order chi connectivity index (χ0) is 12.0. The molecule has 1 heterocycles. The van der Waals surface area contributed by atoms with Gasteiger partial charge >= 0.3 is 0 Å². The van der Waals surface area contributed by atoms with Gasteiger partial charge in [-0.05, 0) is 54.5 Å². The molecule has 92 valence electrons. The first-order valence-electron chi connectivity index (χ1n) is 6.11. The van der Waals surface area contributed by atoms with Crippen molar-refractivity contribution in [3.05, 3.63) is 21.0 Å². The first kappa shape index (κ1) is 11.3. The molecule has 1 aromatic rings. The molecule has 1 N–H and O–H groups in total. The van der Waals surface area contributed by atoms with Crippen molar-refractivity contribution in [2.24, 2.45) is 5.92 Å². The monoisotopic (exact) mass is 297 g/mol. The fraction of sp³-hybridized carbons (Fsp3) is 0.667. The first-order chi connectivity index (χ1) is 8.07. The Bertz CT molecular complexity index is 503. The topological polar surface area (TPSA) is 46.9 Å². The lowest BCUT2D eigenvalue weighted by Gasteiger charge is -2.14. The van der Waals surface area contributed by atoms with Gasteiger partial charge in [0.1, 0.15) is 4.47 Å². The molecular formula is C12H16BrN3O. The van der Waals surface area contributed by atoms with Crippen LogP contribution in [0, 0.1) is 5.92 Å². The maximum absolute atomic E-state index is 12.1. The summed E-state index contributed by atoms with van der Waals surface area (Å²) in [5, 5.41) is 7.62. The molecule has 2 aliphatic rings. The molecule has 1 aromatic heterocycles. The Morgan fingerprint density at radius 1 is 1.59 bits per heavy atom. The third kappa shape index (κ3) is 2.39. The lowest BCUT2D eigenvalue weighted by Crippen LogP contribution is -2.27. The molecule has 17 heavy (non-hydrogen) atoms. The van der Waals surface area contributed by atoms with Crippen LogP contribution in [0.5, 0.6) is 0 Å². The van der Waals surface area contributed by atoms with Crippen molar-refractivity contribution in [2.75, 3.05) is 5.32 Å². The molecule has 2 fully saturated rings. The zero-order valence-corrected chi connectivity index (χ0v) is 11.5. The largest absolute Gasteiger partial charge is 0.378 e. The zero-order valence-electron chi connectivity index (χ0n) is 9.87. The number of nitrogens with zero attached hydrogens (tertiary/aromatic N) is 2. The molecule has 0 bridgehead atoms. The van der Waals surface area contributed by atoms with E-state index in [0.717, 1.165) is 25.1 Å². The summed E-state index contributed by atoms with van der Waals surface area (Å²) >= 11 is 3.39. The van der Waals surface area contributed by atoms with E-state index in [-0.39, 0.29) is 11.1 Å². The number of hydrogen-bond acceptors (Lipinski definition) is 3. The summed E-state index contributed by atoms with van der Waals surface area (Å²) in [6.45, 7) is 2.92. The molecule has 0 saturated heterocycles. The second-order valence-corrected chi connectivity index (χ2v) is 6.28. The fourth-order valence-electron chi connectivity index (χ4n) is 1.86. The maximum Gasteiger partial charge on any atom is 0.283 e. The fourth-order valence-corrected chi connectivity index (χ4v) is 2.27. The Morgan fingerprint density at radius 2 is 2.29 bits per heavy atom. The van der Waals surface area contributed by atoms with Crippen LogP contribution < -0.4 is 10.9 Å². The predicted molar refractivity (Wildman–Crippen MR) is 70.2 cm³/mol. The van der Waals surface area contributed by atoms with E-state index < -0.39 is 0 Å². The van der Waals surface area contributed by atoms with Gasteiger partial charge in [-0.25, -0.2) is 4.68 Å². The van der Waals surface area contributed by atoms with Gasteiger partial charge in [-0.2, -0.15) is 5.10 Å². The highest BCUT2D eigenvalue weighted by molar-refractivity contribution is 9.10. The molecule has 0 atom stereocenters. The van der Waals surface area contributed by atoms with Crippen LogP contribution in [0.2, 0.25) is 0 Å². The minimum Gasteiger partial charge on any atom is -0.378 e. The summed E-state index contributed by atoms with van der Waals surface area (Å²) in [4.78, 5) is 12.1. The van der Waals surface area contributed by atoms with Crippen molar-refractivity contribution >= 4 is 21.6 Å². The number of halogens is 1. The average Bonchev–Trinajstić information content (AvgIpc) is 3.18. The molecule has 2 aliphatic carbocycles. The molecule has 0 unspecified atom stereocenters. The van der Waals surface area contributed by atoms with E-state index in [1.165, 1.54) is 12.8 Å². The highest BCUT2D eigenvalue weighted by Crippen LogP contribution is 2.39. The van der Waals surface area contributed by atoms with E-state index in [1.54, 1.807) is 10.9 Å². The average molecular weight is 298 g/mol. The third-order valence-corrected chi connectivity index (χ3v) is 4.32. The number of rotatable bonds is 4. The van der Waals surface area contributed by atoms with E-state index >= 15 is 0 Å². The first-order valence-corrected chi connectivity index (χ1v) is 6.90. The summed E-state index contributed by atoms with van der Waals surface area (Å²) in [6, 6.07) is 0. The molecule has 0 radical (unpaired) electrons. The Labute approximate surface area is 109 Å². The number of anilines is 1. The number of hydrogen-bond donors (Lipinski definition) is 1. The van der Waals surface area contributed by atoms with Gasteiger partial charge in [0.05, 0.1) is 11.9 Å². The molecule has 4 nitrogen and oxygen atoms in total. The lowest BCUT2D eigenvalue weighted by molar-refractivity contribution is 0.531. The summed E-state index contributed by atoms with van der Waals surface area (Å²) in [7, 11) is 0. The van der Waals surface area contributed by atoms with Crippen LogP contribution in [-0.4, -0.2) is 15.3 Å². The summed E-state index contributed by atoms with van der Waals surface area (Å²) in [5.74, 6) is 0.659. The second-order valence-electron chi connectivity index (χ2n) is 5.49. The molecule has 0 spiro atoms. The molecular weight excluding hydrogens is 282 g/mol. The molecule has 0 aromatic carbocycles. The molecule has 0 aliphatic heterocycles. The van der Waals surface area contributed by atoms with Crippen molar-refractivity contribution in [3.8, 4) is 0 Å². The maximum atomic E-state index is 12.1. The number of aromatic nitrogens is 2. The van der Waals surface area contributed by atoms with Crippen molar-refractivity contribution in [1.82, 2.24) is 9.78 Å². The molecule has 0 amide bonds. The molecule has 5 heteroatoms. The minimum absolute atomic E-state index is 0.0221. The summed E-state index contributed by atoms with van der Waals surface area (Å²) < 4.78 is 2.18. The van der Waals surface area contributed by atoms with Gasteiger partial charge in [0.2, 0.25) is 0 Å². The minimum atomic E-state index is -0.0221. The van der Waals surface area contributed by atoms with E-state index in [0.29, 0.717) is 10.4 Å². The van der Waals surface area contributed by atoms with Crippen molar-refractivity contribution in [3.63, 3.8) is 0 Å². The number of nitrogens with one attached hydrogen (secondary N) is 1. The Morgan fingerprint density at radius 3 is 2.88 bits per heavy atom. The smallest absolute Gasteiger partial charge is 0.283 e. The second kappa shape index (κ2) is 3.83. The highest BCUT2D eigenvalue weighted by atomic mass is 79.9. The van der Waals surface area contributed by atoms with Gasteiger partial charge in [-0.3, -0.25) is 4.79 Å². The molecule has 2 saturated carbocycles. The van der Waals surface area contributed by atoms with Crippen LogP contribution in [-0.2, 0) is 6.54 Å². The van der Waals surface area contributed by atoms with Gasteiger partial charge in [-0.1, -0.05) is 0 Å². The quantitative estimate of drug-likeness (QED) is 0.928. The molecule has 3 rings (SSSR count). The van der Waals surface area contributed by atoms with Gasteiger partial charge in [0, 0.05) is 12.1 Å². The lowest BCUT2D eigenvalue weighted by atomic mass is 10.3. The highest BCUT2D eigenvalue weighted by Gasteiger charge is 2.37. The SMILES string of the molecule is CC1(Nc2cnn(CC3CC3)c(=O)c2Br)CC1. The van der Waals surface area contributed by atoms with Crippen LogP contribution in [0.1, 0.15) is 32.6 Å². The Balaban J connectivity index is 1.85. The van der Waals surface area contributed by atoms with Gasteiger partial charge in [0.25, 0.3) is 5.56 Å². The van der Waals surface area contributed by atoms with Crippen LogP contribution in [0.3, 0.4) is 0 Å². The van der Waals surface area contributed by atoms with Crippen LogP contribution in [0.15, 0.2) is 15.5 Å². The van der Waals surface area contributed by atoms with Crippen LogP contribution in [0.25, 0.3) is 0 Å². The van der Waals surface area contributed by atoms with Gasteiger partial charge in [-0.15, -0.1) is 0 Å². The normalized spacial score (nSPS) is 21.3. The van der Waals surface area contributed by atoms with E-state index in [2.05, 4.69) is 33.3 Å². The summed E-state index contributed by atoms with van der Waals surface area (Å²) in [5.41, 5.74) is 0.965. The Kier molecular flexibility index (Phi) is 2.54.